The Labute approximate surface area is 90.3 Å². The van der Waals surface area contributed by atoms with E-state index in [9.17, 15) is 9.18 Å². The van der Waals surface area contributed by atoms with Crippen LogP contribution in [0.3, 0.4) is 0 Å². The number of hydrogen-bond donors (Lipinski definition) is 0. The van der Waals surface area contributed by atoms with Gasteiger partial charge in [-0.2, -0.15) is 0 Å². The molecule has 0 saturated carbocycles. The van der Waals surface area contributed by atoms with Gasteiger partial charge in [-0.1, -0.05) is 11.3 Å². The highest BCUT2D eigenvalue weighted by molar-refractivity contribution is 7.21. The normalized spacial score (nSPS) is 10.6. The summed E-state index contributed by atoms with van der Waals surface area (Å²) in [6.07, 6.45) is 0.712. The highest BCUT2D eigenvalue weighted by atomic mass is 32.1. The zero-order chi connectivity index (χ0) is 11.0. The lowest BCUT2D eigenvalue weighted by molar-refractivity contribution is 0.112. The lowest BCUT2D eigenvalue weighted by Crippen LogP contribution is -1.88. The first-order valence-electron chi connectivity index (χ1n) is 4.39. The molecule has 1 heterocycles. The van der Waals surface area contributed by atoms with Gasteiger partial charge in [-0.05, 0) is 24.6 Å². The van der Waals surface area contributed by atoms with Crippen LogP contribution in [0.25, 0.3) is 10.1 Å². The number of aryl methyl sites for hydroxylation is 1. The summed E-state index contributed by atoms with van der Waals surface area (Å²) in [7, 11) is 1.50. The number of thiophene rings is 1. The van der Waals surface area contributed by atoms with Crippen LogP contribution in [0.1, 0.15) is 15.9 Å². The largest absolute Gasteiger partial charge is 0.487 e. The van der Waals surface area contributed by atoms with E-state index in [2.05, 4.69) is 0 Å². The van der Waals surface area contributed by atoms with Crippen LogP contribution in [0.15, 0.2) is 12.1 Å². The van der Waals surface area contributed by atoms with E-state index >= 15 is 0 Å². The minimum Gasteiger partial charge on any atom is -0.487 e. The Morgan fingerprint density at radius 3 is 2.80 bits per heavy atom. The molecule has 4 heteroatoms. The van der Waals surface area contributed by atoms with E-state index in [-0.39, 0.29) is 5.82 Å². The third-order valence-corrected chi connectivity index (χ3v) is 3.49. The number of halogens is 1. The number of benzene rings is 1. The van der Waals surface area contributed by atoms with Crippen molar-refractivity contribution in [3.05, 3.63) is 29.1 Å². The van der Waals surface area contributed by atoms with Crippen LogP contribution in [-0.2, 0) is 0 Å². The van der Waals surface area contributed by atoms with Crippen LogP contribution in [0.2, 0.25) is 0 Å². The molecule has 0 bridgehead atoms. The van der Waals surface area contributed by atoms with Gasteiger partial charge in [-0.15, -0.1) is 0 Å². The first-order chi connectivity index (χ1) is 7.19. The second-order valence-corrected chi connectivity index (χ2v) is 4.19. The summed E-state index contributed by atoms with van der Waals surface area (Å²) in [6.45, 7) is 1.66. The first kappa shape index (κ1) is 10.1. The van der Waals surface area contributed by atoms with Gasteiger partial charge in [-0.25, -0.2) is 4.39 Å². The summed E-state index contributed by atoms with van der Waals surface area (Å²) in [5, 5.41) is 1.19. The van der Waals surface area contributed by atoms with E-state index in [1.807, 2.05) is 0 Å². The van der Waals surface area contributed by atoms with Gasteiger partial charge >= 0.3 is 0 Å². The van der Waals surface area contributed by atoms with Crippen molar-refractivity contribution in [3.8, 4) is 5.06 Å². The average molecular weight is 224 g/mol. The Kier molecular flexibility index (Phi) is 2.44. The molecule has 0 N–H and O–H groups in total. The molecule has 0 unspecified atom stereocenters. The fraction of sp³-hybridized carbons (Fsp3) is 0.182. The minimum atomic E-state index is -0.300. The molecule has 1 aromatic carbocycles. The molecule has 0 atom stereocenters. The quantitative estimate of drug-likeness (QED) is 0.732. The lowest BCUT2D eigenvalue weighted by Gasteiger charge is -1.99. The SMILES string of the molecule is COc1sc2ccc(F)c(C)c2c1C=O. The smallest absolute Gasteiger partial charge is 0.185 e. The Morgan fingerprint density at radius 1 is 1.47 bits per heavy atom. The molecule has 0 spiro atoms. The number of hydrogen-bond acceptors (Lipinski definition) is 3. The number of rotatable bonds is 2. The summed E-state index contributed by atoms with van der Waals surface area (Å²) in [4.78, 5) is 10.9. The molecule has 2 aromatic rings. The fourth-order valence-corrected chi connectivity index (χ4v) is 2.64. The Morgan fingerprint density at radius 2 is 2.20 bits per heavy atom. The summed E-state index contributed by atoms with van der Waals surface area (Å²) < 4.78 is 19.3. The van der Waals surface area contributed by atoms with Crippen molar-refractivity contribution in [2.75, 3.05) is 7.11 Å². The molecule has 78 valence electrons. The molecule has 0 aliphatic heterocycles. The number of ether oxygens (including phenoxy) is 1. The van der Waals surface area contributed by atoms with Crippen molar-refractivity contribution in [2.45, 2.75) is 6.92 Å². The van der Waals surface area contributed by atoms with Gasteiger partial charge < -0.3 is 4.74 Å². The second-order valence-electron chi connectivity index (χ2n) is 3.17. The molecule has 0 aliphatic carbocycles. The standard InChI is InChI=1S/C11H9FO2S/c1-6-8(12)3-4-9-10(6)7(5-13)11(14-2)15-9/h3-5H,1-2H3. The number of fused-ring (bicyclic) bond motifs is 1. The Balaban J connectivity index is 2.91. The molecule has 0 amide bonds. The van der Waals surface area contributed by atoms with Crippen LogP contribution in [0.5, 0.6) is 5.06 Å². The maximum atomic E-state index is 13.3. The number of carbonyl (C=O) groups excluding carboxylic acids is 1. The number of methoxy groups -OCH3 is 1. The van der Waals surface area contributed by atoms with Gasteiger partial charge in [0.05, 0.1) is 12.7 Å². The van der Waals surface area contributed by atoms with E-state index in [0.29, 0.717) is 27.9 Å². The molecule has 15 heavy (non-hydrogen) atoms. The van der Waals surface area contributed by atoms with Crippen molar-refractivity contribution in [1.82, 2.24) is 0 Å². The molecule has 0 aliphatic rings. The summed E-state index contributed by atoms with van der Waals surface area (Å²) in [5.41, 5.74) is 0.934. The topological polar surface area (TPSA) is 26.3 Å². The van der Waals surface area contributed by atoms with Crippen LogP contribution in [-0.4, -0.2) is 13.4 Å². The van der Waals surface area contributed by atoms with Gasteiger partial charge in [0.15, 0.2) is 11.3 Å². The maximum Gasteiger partial charge on any atom is 0.185 e. The van der Waals surface area contributed by atoms with E-state index in [4.69, 9.17) is 4.74 Å². The van der Waals surface area contributed by atoms with Crippen molar-refractivity contribution >= 4 is 27.7 Å². The monoisotopic (exact) mass is 224 g/mol. The molecular weight excluding hydrogens is 215 g/mol. The third kappa shape index (κ3) is 1.41. The predicted molar refractivity (Wildman–Crippen MR) is 58.5 cm³/mol. The average Bonchev–Trinajstić information content (AvgIpc) is 2.61. The van der Waals surface area contributed by atoms with Crippen LogP contribution >= 0.6 is 11.3 Å². The zero-order valence-electron chi connectivity index (χ0n) is 8.33. The zero-order valence-corrected chi connectivity index (χ0v) is 9.15. The number of carbonyl (C=O) groups is 1. The van der Waals surface area contributed by atoms with Gasteiger partial charge in [-0.3, -0.25) is 4.79 Å². The Hall–Kier alpha value is -1.42. The Bertz CT molecular complexity index is 531. The lowest BCUT2D eigenvalue weighted by atomic mass is 10.1. The molecule has 0 saturated heterocycles. The molecule has 2 nitrogen and oxygen atoms in total. The van der Waals surface area contributed by atoms with Gasteiger partial charge in [0.25, 0.3) is 0 Å². The maximum absolute atomic E-state index is 13.3. The van der Waals surface area contributed by atoms with Crippen molar-refractivity contribution in [2.24, 2.45) is 0 Å². The fourth-order valence-electron chi connectivity index (χ4n) is 1.60. The second kappa shape index (κ2) is 3.62. The summed E-state index contributed by atoms with van der Waals surface area (Å²) in [6, 6.07) is 3.07. The van der Waals surface area contributed by atoms with Gasteiger partial charge in [0, 0.05) is 10.1 Å². The summed E-state index contributed by atoms with van der Waals surface area (Å²) >= 11 is 1.35. The van der Waals surface area contributed by atoms with Crippen LogP contribution in [0, 0.1) is 12.7 Å². The van der Waals surface area contributed by atoms with E-state index in [1.165, 1.54) is 24.5 Å². The van der Waals surface area contributed by atoms with Crippen LogP contribution < -0.4 is 4.74 Å². The van der Waals surface area contributed by atoms with Crippen molar-refractivity contribution < 1.29 is 13.9 Å². The van der Waals surface area contributed by atoms with Gasteiger partial charge in [0.2, 0.25) is 0 Å². The molecule has 0 radical (unpaired) electrons. The van der Waals surface area contributed by atoms with E-state index < -0.39 is 0 Å². The molecular formula is C11H9FO2S. The van der Waals surface area contributed by atoms with E-state index in [0.717, 1.165) is 4.70 Å². The number of aldehydes is 1. The van der Waals surface area contributed by atoms with Crippen LogP contribution in [0.4, 0.5) is 4.39 Å². The third-order valence-electron chi connectivity index (χ3n) is 2.36. The molecule has 1 aromatic heterocycles. The van der Waals surface area contributed by atoms with Crippen molar-refractivity contribution in [3.63, 3.8) is 0 Å². The molecule has 2 rings (SSSR count). The highest BCUT2D eigenvalue weighted by Gasteiger charge is 2.15. The first-order valence-corrected chi connectivity index (χ1v) is 5.21. The minimum absolute atomic E-state index is 0.300. The van der Waals surface area contributed by atoms with Crippen molar-refractivity contribution in [1.29, 1.82) is 0 Å². The highest BCUT2D eigenvalue weighted by Crippen LogP contribution is 2.38. The predicted octanol–water partition coefficient (Wildman–Crippen LogP) is 3.17. The van der Waals surface area contributed by atoms with E-state index in [1.54, 1.807) is 13.0 Å². The van der Waals surface area contributed by atoms with Gasteiger partial charge in [0.1, 0.15) is 5.82 Å². The molecule has 0 fully saturated rings. The summed E-state index contributed by atoms with van der Waals surface area (Å²) in [5.74, 6) is -0.300.